The van der Waals surface area contributed by atoms with E-state index in [9.17, 15) is 0 Å². The first-order valence-corrected chi connectivity index (χ1v) is 8.11. The van der Waals surface area contributed by atoms with Crippen molar-refractivity contribution in [2.45, 2.75) is 6.92 Å². The van der Waals surface area contributed by atoms with Gasteiger partial charge in [0.15, 0.2) is 5.13 Å². The Morgan fingerprint density at radius 1 is 1.08 bits per heavy atom. The lowest BCUT2D eigenvalue weighted by atomic mass is 10.3. The van der Waals surface area contributed by atoms with E-state index < -0.39 is 0 Å². The molecule has 0 spiro atoms. The van der Waals surface area contributed by atoms with Crippen molar-refractivity contribution in [3.05, 3.63) is 60.4 Å². The minimum absolute atomic E-state index is 0.543. The molecule has 0 saturated carbocycles. The van der Waals surface area contributed by atoms with Crippen LogP contribution >= 0.6 is 11.3 Å². The number of nitrogens with one attached hydrogen (secondary N) is 1. The summed E-state index contributed by atoms with van der Waals surface area (Å²) in [7, 11) is 0. The van der Waals surface area contributed by atoms with Crippen molar-refractivity contribution in [3.8, 4) is 16.4 Å². The standard InChI is InChI=1S/C16H13N7S/c1-11-7-8-17-14(9-11)19-16-18-10-13(24-16)15-20-22-23(21-15)12-5-3-2-4-6-12/h2-10H,1H3,(H,17,18,19). The molecule has 7 nitrogen and oxygen atoms in total. The van der Waals surface area contributed by atoms with Crippen molar-refractivity contribution in [2.75, 3.05) is 5.32 Å². The minimum Gasteiger partial charge on any atom is -0.316 e. The van der Waals surface area contributed by atoms with Crippen LogP contribution in [0.4, 0.5) is 10.9 Å². The maximum Gasteiger partial charge on any atom is 0.216 e. The van der Waals surface area contributed by atoms with Crippen LogP contribution in [0.2, 0.25) is 0 Å². The summed E-state index contributed by atoms with van der Waals surface area (Å²) >= 11 is 1.45. The molecule has 0 atom stereocenters. The zero-order valence-corrected chi connectivity index (χ0v) is 13.6. The smallest absolute Gasteiger partial charge is 0.216 e. The molecule has 0 unspecified atom stereocenters. The van der Waals surface area contributed by atoms with Crippen LogP contribution in [-0.4, -0.2) is 30.2 Å². The largest absolute Gasteiger partial charge is 0.316 e. The van der Waals surface area contributed by atoms with Gasteiger partial charge in [-0.3, -0.25) is 0 Å². The average molecular weight is 335 g/mol. The third kappa shape index (κ3) is 2.99. The highest BCUT2D eigenvalue weighted by molar-refractivity contribution is 7.18. The molecule has 0 fully saturated rings. The molecular formula is C16H13N7S. The molecule has 24 heavy (non-hydrogen) atoms. The van der Waals surface area contributed by atoms with E-state index in [0.717, 1.165) is 27.1 Å². The van der Waals surface area contributed by atoms with Gasteiger partial charge in [0, 0.05) is 6.20 Å². The summed E-state index contributed by atoms with van der Waals surface area (Å²) in [6.45, 7) is 2.02. The van der Waals surface area contributed by atoms with Gasteiger partial charge in [-0.1, -0.05) is 29.5 Å². The van der Waals surface area contributed by atoms with E-state index in [4.69, 9.17) is 0 Å². The number of nitrogens with zero attached hydrogens (tertiary/aromatic N) is 6. The maximum atomic E-state index is 4.41. The van der Waals surface area contributed by atoms with Gasteiger partial charge in [0.25, 0.3) is 0 Å². The predicted molar refractivity (Wildman–Crippen MR) is 92.5 cm³/mol. The topological polar surface area (TPSA) is 81.4 Å². The van der Waals surface area contributed by atoms with Crippen LogP contribution in [0.1, 0.15) is 5.56 Å². The van der Waals surface area contributed by atoms with Crippen LogP contribution in [0.5, 0.6) is 0 Å². The Balaban J connectivity index is 1.56. The van der Waals surface area contributed by atoms with Gasteiger partial charge >= 0.3 is 0 Å². The van der Waals surface area contributed by atoms with Crippen LogP contribution in [0.3, 0.4) is 0 Å². The van der Waals surface area contributed by atoms with Gasteiger partial charge in [-0.2, -0.15) is 0 Å². The summed E-state index contributed by atoms with van der Waals surface area (Å²) < 4.78 is 0. The summed E-state index contributed by atoms with van der Waals surface area (Å²) in [5.74, 6) is 1.30. The van der Waals surface area contributed by atoms with Gasteiger partial charge in [0.1, 0.15) is 5.82 Å². The Morgan fingerprint density at radius 2 is 1.96 bits per heavy atom. The maximum absolute atomic E-state index is 4.41. The molecule has 4 rings (SSSR count). The van der Waals surface area contributed by atoms with Gasteiger partial charge < -0.3 is 5.32 Å². The molecule has 3 aromatic heterocycles. The van der Waals surface area contributed by atoms with E-state index in [1.54, 1.807) is 12.4 Å². The molecule has 1 aromatic carbocycles. The molecule has 0 aliphatic carbocycles. The lowest BCUT2D eigenvalue weighted by Gasteiger charge is -2.01. The Kier molecular flexibility index (Phi) is 3.72. The highest BCUT2D eigenvalue weighted by Gasteiger charge is 2.11. The lowest BCUT2D eigenvalue weighted by Crippen LogP contribution is -1.97. The number of aryl methyl sites for hydroxylation is 1. The Bertz CT molecular complexity index is 961. The summed E-state index contributed by atoms with van der Waals surface area (Å²) in [6.07, 6.45) is 3.49. The third-order valence-corrected chi connectivity index (χ3v) is 4.19. The summed E-state index contributed by atoms with van der Waals surface area (Å²) in [6, 6.07) is 13.6. The van der Waals surface area contributed by atoms with Crippen LogP contribution in [0.15, 0.2) is 54.9 Å². The molecule has 4 aromatic rings. The number of pyridine rings is 1. The van der Waals surface area contributed by atoms with Crippen molar-refractivity contribution in [3.63, 3.8) is 0 Å². The fourth-order valence-electron chi connectivity index (χ4n) is 2.13. The van der Waals surface area contributed by atoms with Crippen molar-refractivity contribution in [2.24, 2.45) is 0 Å². The SMILES string of the molecule is Cc1ccnc(Nc2ncc(-c3nnn(-c4ccccc4)n3)s2)c1. The fourth-order valence-corrected chi connectivity index (χ4v) is 2.88. The van der Waals surface area contributed by atoms with Gasteiger partial charge in [-0.15, -0.1) is 15.0 Å². The second-order valence-corrected chi connectivity index (χ2v) is 6.14. The highest BCUT2D eigenvalue weighted by Crippen LogP contribution is 2.28. The summed E-state index contributed by atoms with van der Waals surface area (Å²) in [5, 5.41) is 16.5. The first-order chi connectivity index (χ1) is 11.8. The van der Waals surface area contributed by atoms with Crippen LogP contribution < -0.4 is 5.32 Å². The van der Waals surface area contributed by atoms with Gasteiger partial charge in [0.2, 0.25) is 5.82 Å². The molecule has 3 heterocycles. The number of anilines is 2. The second kappa shape index (κ2) is 6.17. The van der Waals surface area contributed by atoms with Gasteiger partial charge in [-0.25, -0.2) is 9.97 Å². The van der Waals surface area contributed by atoms with Crippen LogP contribution in [-0.2, 0) is 0 Å². The molecule has 1 N–H and O–H groups in total. The molecule has 118 valence electrons. The first-order valence-electron chi connectivity index (χ1n) is 7.29. The van der Waals surface area contributed by atoms with E-state index in [1.807, 2.05) is 49.4 Å². The molecule has 8 heteroatoms. The van der Waals surface area contributed by atoms with E-state index in [1.165, 1.54) is 16.1 Å². The van der Waals surface area contributed by atoms with E-state index in [2.05, 4.69) is 30.7 Å². The van der Waals surface area contributed by atoms with E-state index >= 15 is 0 Å². The molecular weight excluding hydrogens is 322 g/mol. The van der Waals surface area contributed by atoms with Crippen molar-refractivity contribution in [1.29, 1.82) is 0 Å². The zero-order chi connectivity index (χ0) is 16.4. The van der Waals surface area contributed by atoms with Gasteiger partial charge in [-0.05, 0) is 42.0 Å². The lowest BCUT2D eigenvalue weighted by molar-refractivity contribution is 0.720. The molecule has 0 aliphatic heterocycles. The number of aromatic nitrogens is 6. The van der Waals surface area contributed by atoms with E-state index in [-0.39, 0.29) is 0 Å². The number of benzene rings is 1. The van der Waals surface area contributed by atoms with Crippen molar-refractivity contribution in [1.82, 2.24) is 30.2 Å². The molecule has 0 aliphatic rings. The van der Waals surface area contributed by atoms with Crippen molar-refractivity contribution < 1.29 is 0 Å². The molecule has 0 amide bonds. The number of hydrogen-bond donors (Lipinski definition) is 1. The Morgan fingerprint density at radius 3 is 2.79 bits per heavy atom. The second-order valence-electron chi connectivity index (χ2n) is 5.11. The van der Waals surface area contributed by atoms with Gasteiger partial charge in [0.05, 0.1) is 16.8 Å². The number of tetrazole rings is 1. The monoisotopic (exact) mass is 335 g/mol. The third-order valence-electron chi connectivity index (χ3n) is 3.28. The fraction of sp³-hybridized carbons (Fsp3) is 0.0625. The number of hydrogen-bond acceptors (Lipinski definition) is 7. The molecule has 0 bridgehead atoms. The predicted octanol–water partition coefficient (Wildman–Crippen LogP) is 3.23. The number of thiazole rings is 1. The Hall–Kier alpha value is -3.13. The quantitative estimate of drug-likeness (QED) is 0.616. The normalized spacial score (nSPS) is 10.7. The molecule has 0 radical (unpaired) electrons. The van der Waals surface area contributed by atoms with Crippen LogP contribution in [0, 0.1) is 6.92 Å². The van der Waals surface area contributed by atoms with Crippen molar-refractivity contribution >= 4 is 22.3 Å². The minimum atomic E-state index is 0.543. The summed E-state index contributed by atoms with van der Waals surface area (Å²) in [5.41, 5.74) is 2.00. The number of rotatable bonds is 4. The van der Waals surface area contributed by atoms with E-state index in [0.29, 0.717) is 5.82 Å². The molecule has 0 saturated heterocycles. The first kappa shape index (κ1) is 14.5. The average Bonchev–Trinajstić information content (AvgIpc) is 3.25. The van der Waals surface area contributed by atoms with Crippen LogP contribution in [0.25, 0.3) is 16.4 Å². The number of para-hydroxylation sites is 1. The summed E-state index contributed by atoms with van der Waals surface area (Å²) in [4.78, 5) is 11.0. The highest BCUT2D eigenvalue weighted by atomic mass is 32.1. The Labute approximate surface area is 142 Å². The zero-order valence-electron chi connectivity index (χ0n) is 12.8.